The molecule has 12 heteroatoms. The van der Waals surface area contributed by atoms with Crippen LogP contribution < -0.4 is 15.4 Å². The highest BCUT2D eigenvalue weighted by atomic mass is 35.5. The average molecular weight is 633 g/mol. The number of carbonyl (C=O) groups is 1. The van der Waals surface area contributed by atoms with Crippen LogP contribution in [0.3, 0.4) is 0 Å². The maximum absolute atomic E-state index is 13.3. The minimum absolute atomic E-state index is 0.0338. The Bertz CT molecular complexity index is 2070. The summed E-state index contributed by atoms with van der Waals surface area (Å²) in [6.45, 7) is 2.23. The van der Waals surface area contributed by atoms with E-state index in [4.69, 9.17) is 33.7 Å². The normalized spacial score (nSPS) is 15.2. The van der Waals surface area contributed by atoms with E-state index in [0.29, 0.717) is 33.9 Å². The number of benzene rings is 4. The molecule has 0 unspecified atom stereocenters. The molecule has 216 valence electrons. The molecular weight excluding hydrogens is 609 g/mol. The second kappa shape index (κ2) is 10.9. The lowest BCUT2D eigenvalue weighted by Gasteiger charge is -2.18. The number of amides is 1. The Morgan fingerprint density at radius 1 is 1.02 bits per heavy atom. The monoisotopic (exact) mass is 631 g/mol. The number of anilines is 2. The van der Waals surface area contributed by atoms with E-state index in [1.54, 1.807) is 65.6 Å². The summed E-state index contributed by atoms with van der Waals surface area (Å²) in [5, 5.41) is 14.6. The topological polar surface area (TPSA) is 131 Å². The molecule has 0 saturated carbocycles. The molecule has 0 aliphatic carbocycles. The molecule has 2 N–H and O–H groups in total. The second-order valence-electron chi connectivity index (χ2n) is 10.2. The molecule has 2 heterocycles. The molecule has 1 amide bonds. The number of nitrogen functional groups attached to an aromatic ring is 1. The number of ether oxygens (including phenoxy) is 1. The number of fused-ring (bicyclic) bond motifs is 1. The Hall–Kier alpha value is -4.56. The molecule has 4 aromatic carbocycles. The van der Waals surface area contributed by atoms with E-state index in [9.17, 15) is 18.5 Å². The number of para-hydroxylation sites is 1. The summed E-state index contributed by atoms with van der Waals surface area (Å²) in [6, 6.07) is 23.6. The van der Waals surface area contributed by atoms with Crippen molar-refractivity contribution >= 4 is 61.5 Å². The fraction of sp³-hybridized carbons (Fsp3) is 0.129. The predicted octanol–water partition coefficient (Wildman–Crippen LogP) is 6.66. The Morgan fingerprint density at radius 2 is 1.79 bits per heavy atom. The zero-order valence-corrected chi connectivity index (χ0v) is 25.0. The van der Waals surface area contributed by atoms with Crippen LogP contribution in [0.15, 0.2) is 83.8 Å². The van der Waals surface area contributed by atoms with Crippen molar-refractivity contribution in [2.24, 2.45) is 0 Å². The molecule has 43 heavy (non-hydrogen) atoms. The minimum Gasteiger partial charge on any atom is -0.453 e. The molecule has 1 aliphatic rings. The maximum atomic E-state index is 13.3. The van der Waals surface area contributed by atoms with Crippen LogP contribution in [-0.4, -0.2) is 30.1 Å². The van der Waals surface area contributed by atoms with Crippen LogP contribution >= 0.6 is 23.2 Å². The molecule has 1 fully saturated rings. The lowest BCUT2D eigenvalue weighted by molar-refractivity contribution is -0.117. The zero-order valence-electron chi connectivity index (χ0n) is 22.7. The first-order valence-corrected chi connectivity index (χ1v) is 15.3. The van der Waals surface area contributed by atoms with Crippen LogP contribution in [0.4, 0.5) is 11.5 Å². The maximum Gasteiger partial charge on any atom is 0.283 e. The quantitative estimate of drug-likeness (QED) is 0.222. The number of nitriles is 1. The fourth-order valence-corrected chi connectivity index (χ4v) is 6.77. The highest BCUT2D eigenvalue weighted by molar-refractivity contribution is 7.90. The van der Waals surface area contributed by atoms with Crippen molar-refractivity contribution in [3.05, 3.63) is 106 Å². The van der Waals surface area contributed by atoms with Gasteiger partial charge in [0.25, 0.3) is 10.0 Å². The molecule has 1 aromatic heterocycles. The van der Waals surface area contributed by atoms with Gasteiger partial charge in [0.15, 0.2) is 11.6 Å². The summed E-state index contributed by atoms with van der Waals surface area (Å²) in [5.74, 6) is 0.243. The number of nitrogens with zero attached hydrogens (tertiary/aromatic N) is 4. The molecule has 1 saturated heterocycles. The third kappa shape index (κ3) is 5.16. The molecule has 0 bridgehead atoms. The van der Waals surface area contributed by atoms with Crippen LogP contribution in [0.1, 0.15) is 29.0 Å². The van der Waals surface area contributed by atoms with Gasteiger partial charge in [-0.15, -0.1) is 5.10 Å². The number of hydrogen-bond donors (Lipinski definition) is 1. The zero-order chi connectivity index (χ0) is 30.5. The van der Waals surface area contributed by atoms with Gasteiger partial charge in [-0.2, -0.15) is 17.8 Å². The van der Waals surface area contributed by atoms with Crippen molar-refractivity contribution in [3.8, 4) is 17.6 Å². The molecular formula is C31H23Cl2N5O4S. The average Bonchev–Trinajstić information content (AvgIpc) is 3.55. The third-order valence-electron chi connectivity index (χ3n) is 7.37. The lowest BCUT2D eigenvalue weighted by Crippen LogP contribution is -2.24. The van der Waals surface area contributed by atoms with Crippen LogP contribution in [0.25, 0.3) is 10.9 Å². The van der Waals surface area contributed by atoms with E-state index in [0.717, 1.165) is 15.2 Å². The molecule has 0 spiro atoms. The van der Waals surface area contributed by atoms with Crippen LogP contribution in [-0.2, 0) is 14.8 Å². The summed E-state index contributed by atoms with van der Waals surface area (Å²) in [7, 11) is -3.99. The number of nitrogens with two attached hydrogens (primary N) is 1. The first-order valence-electron chi connectivity index (χ1n) is 13.1. The van der Waals surface area contributed by atoms with E-state index in [2.05, 4.69) is 11.2 Å². The van der Waals surface area contributed by atoms with Gasteiger partial charge in [0.2, 0.25) is 5.91 Å². The van der Waals surface area contributed by atoms with Crippen molar-refractivity contribution in [3.63, 3.8) is 0 Å². The smallest absolute Gasteiger partial charge is 0.283 e. The predicted molar refractivity (Wildman–Crippen MR) is 165 cm³/mol. The molecule has 9 nitrogen and oxygen atoms in total. The summed E-state index contributed by atoms with van der Waals surface area (Å²) in [6.07, 6.45) is 0.227. The highest BCUT2D eigenvalue weighted by Gasteiger charge is 2.33. The summed E-state index contributed by atoms with van der Waals surface area (Å²) in [5.41, 5.74) is 9.05. The van der Waals surface area contributed by atoms with E-state index in [1.807, 2.05) is 13.0 Å². The van der Waals surface area contributed by atoms with Crippen LogP contribution in [0.2, 0.25) is 10.0 Å². The molecule has 1 atom stereocenters. The Balaban J connectivity index is 1.28. The van der Waals surface area contributed by atoms with Gasteiger partial charge < -0.3 is 15.4 Å². The van der Waals surface area contributed by atoms with Crippen molar-refractivity contribution in [1.29, 1.82) is 5.26 Å². The number of hydrogen-bond acceptors (Lipinski definition) is 7. The van der Waals surface area contributed by atoms with Crippen molar-refractivity contribution < 1.29 is 17.9 Å². The number of halogens is 2. The van der Waals surface area contributed by atoms with Crippen LogP contribution in [0.5, 0.6) is 11.5 Å². The van der Waals surface area contributed by atoms with Gasteiger partial charge in [0.1, 0.15) is 11.8 Å². The van der Waals surface area contributed by atoms with E-state index in [-0.39, 0.29) is 45.3 Å². The van der Waals surface area contributed by atoms with Crippen molar-refractivity contribution in [1.82, 2.24) is 9.19 Å². The van der Waals surface area contributed by atoms with Gasteiger partial charge in [-0.3, -0.25) is 4.79 Å². The molecule has 5 aromatic rings. The van der Waals surface area contributed by atoms with E-state index >= 15 is 0 Å². The van der Waals surface area contributed by atoms with Crippen LogP contribution in [0, 0.1) is 18.3 Å². The van der Waals surface area contributed by atoms with E-state index < -0.39 is 10.0 Å². The largest absolute Gasteiger partial charge is 0.453 e. The molecule has 0 radical (unpaired) electrons. The SMILES string of the molecule is Cc1ccc(S(=O)(=O)n2nc(N)c3cc(N4C[C@@H](c5ccc(Cl)c(Oc6c(Cl)cccc6C#N)c5)CC4=O)ccc32)cc1. The van der Waals surface area contributed by atoms with Gasteiger partial charge in [0, 0.05) is 30.0 Å². The van der Waals surface area contributed by atoms with Gasteiger partial charge in [-0.1, -0.05) is 53.0 Å². The van der Waals surface area contributed by atoms with Gasteiger partial charge in [-0.05, 0) is 67.1 Å². The van der Waals surface area contributed by atoms with Gasteiger partial charge in [-0.25, -0.2) is 0 Å². The second-order valence-corrected chi connectivity index (χ2v) is 12.8. The number of aromatic nitrogens is 2. The standard InChI is InChI=1S/C31H23Cl2N5O4S/c1-18-5-9-23(10-6-18)43(40,41)38-27-12-8-22(15-24(27)31(35)36-38)37-17-21(14-29(37)39)19-7-11-25(32)28(13-19)42-30-20(16-34)3-2-4-26(30)33/h2-13,15,21H,14,17H2,1H3,(H2,35,36)/t21-/m0/s1. The number of aryl methyl sites for hydroxylation is 1. The fourth-order valence-electron chi connectivity index (χ4n) is 5.11. The summed E-state index contributed by atoms with van der Waals surface area (Å²) in [4.78, 5) is 14.9. The Labute approximate surface area is 257 Å². The molecule has 1 aliphatic heterocycles. The minimum atomic E-state index is -3.99. The number of carbonyl (C=O) groups excluding carboxylic acids is 1. The van der Waals surface area contributed by atoms with E-state index in [1.165, 1.54) is 12.1 Å². The Kier molecular flexibility index (Phi) is 7.26. The lowest BCUT2D eigenvalue weighted by atomic mass is 9.98. The third-order valence-corrected chi connectivity index (χ3v) is 9.58. The number of rotatable bonds is 6. The summed E-state index contributed by atoms with van der Waals surface area (Å²) >= 11 is 12.7. The highest BCUT2D eigenvalue weighted by Crippen LogP contribution is 2.40. The first-order chi connectivity index (χ1) is 20.6. The van der Waals surface area contributed by atoms with Gasteiger partial charge in [0.05, 0.1) is 26.0 Å². The Morgan fingerprint density at radius 3 is 2.53 bits per heavy atom. The first kappa shape index (κ1) is 28.6. The van der Waals surface area contributed by atoms with Crippen molar-refractivity contribution in [2.45, 2.75) is 24.2 Å². The summed E-state index contributed by atoms with van der Waals surface area (Å²) < 4.78 is 33.5. The molecule has 6 rings (SSSR count). The van der Waals surface area contributed by atoms with Gasteiger partial charge >= 0.3 is 0 Å². The van der Waals surface area contributed by atoms with Crippen molar-refractivity contribution in [2.75, 3.05) is 17.2 Å².